The minimum Gasteiger partial charge on any atom is -0.482 e. The maximum atomic E-state index is 14.9. The molecule has 1 aliphatic carbocycles. The highest BCUT2D eigenvalue weighted by molar-refractivity contribution is 7.90. The highest BCUT2D eigenvalue weighted by Crippen LogP contribution is 2.43. The second-order valence-electron chi connectivity index (χ2n) is 13.8. The number of benzene rings is 1. The van der Waals surface area contributed by atoms with Gasteiger partial charge in [0.2, 0.25) is 15.6 Å². The maximum Gasteiger partial charge on any atom is 0.425 e. The molecular formula is C36H39F6N5O7S2. The number of halogens is 6. The van der Waals surface area contributed by atoms with Crippen LogP contribution in [0.3, 0.4) is 0 Å². The summed E-state index contributed by atoms with van der Waals surface area (Å²) >= 11 is 0.364. The number of aromatic nitrogens is 1. The lowest BCUT2D eigenvalue weighted by atomic mass is 9.79. The summed E-state index contributed by atoms with van der Waals surface area (Å²) in [5.41, 5.74) is -3.35. The number of pyridine rings is 1. The third-order valence-corrected chi connectivity index (χ3v) is 12.7. The minimum absolute atomic E-state index is 0.0357. The van der Waals surface area contributed by atoms with Crippen molar-refractivity contribution < 1.29 is 58.6 Å². The van der Waals surface area contributed by atoms with Gasteiger partial charge in [-0.05, 0) is 43.9 Å². The van der Waals surface area contributed by atoms with Crippen LogP contribution in [0.2, 0.25) is 0 Å². The number of carbonyl (C=O) groups excluding carboxylic acids is 3. The molecule has 1 N–H and O–H groups in total. The number of carbonyl (C=O) groups is 3. The molecule has 0 bridgehead atoms. The molecule has 0 unspecified atom stereocenters. The molecule has 12 nitrogen and oxygen atoms in total. The maximum absolute atomic E-state index is 14.9. The SMILES string of the molecule is CCC[C@H]1N(C(=O)c2cnccc2C(F)(F)F)CCC[C@@]1(Oc1csc(C(F)(F)F)c1)C(=O)N1CCN(c2ccccc2OCC(=O)NS(=O)(=O)C2CC2)CC1. The molecule has 2 atom stereocenters. The summed E-state index contributed by atoms with van der Waals surface area (Å²) in [5, 5.41) is 0.517. The van der Waals surface area contributed by atoms with Gasteiger partial charge in [-0.1, -0.05) is 25.5 Å². The second-order valence-corrected chi connectivity index (χ2v) is 16.6. The van der Waals surface area contributed by atoms with Crippen molar-refractivity contribution >= 4 is 44.8 Å². The van der Waals surface area contributed by atoms with E-state index >= 15 is 0 Å². The number of piperazine rings is 1. The summed E-state index contributed by atoms with van der Waals surface area (Å²) in [4.78, 5) is 48.6. The fourth-order valence-electron chi connectivity index (χ4n) is 7.15. The fourth-order valence-corrected chi connectivity index (χ4v) is 9.13. The number of sulfonamides is 1. The predicted molar refractivity (Wildman–Crippen MR) is 192 cm³/mol. The lowest BCUT2D eigenvalue weighted by molar-refractivity contribution is -0.159. The van der Waals surface area contributed by atoms with E-state index in [4.69, 9.17) is 9.47 Å². The van der Waals surface area contributed by atoms with E-state index in [0.717, 1.165) is 28.7 Å². The monoisotopic (exact) mass is 831 g/mol. The number of rotatable bonds is 12. The summed E-state index contributed by atoms with van der Waals surface area (Å²) in [6.07, 6.45) is -6.45. The number of hydrogen-bond acceptors (Lipinski definition) is 10. The second kappa shape index (κ2) is 16.1. The van der Waals surface area contributed by atoms with Gasteiger partial charge in [-0.15, -0.1) is 11.3 Å². The van der Waals surface area contributed by atoms with Gasteiger partial charge in [0.15, 0.2) is 6.61 Å². The molecule has 2 saturated heterocycles. The topological polar surface area (TPSA) is 138 Å². The van der Waals surface area contributed by atoms with Crippen LogP contribution in [0, 0.1) is 0 Å². The molecule has 3 fully saturated rings. The van der Waals surface area contributed by atoms with Gasteiger partial charge < -0.3 is 24.2 Å². The van der Waals surface area contributed by atoms with Crippen LogP contribution in [0.4, 0.5) is 32.0 Å². The molecule has 4 heterocycles. The number of nitrogens with one attached hydrogen (secondary N) is 1. The largest absolute Gasteiger partial charge is 0.482 e. The van der Waals surface area contributed by atoms with Crippen LogP contribution in [0.25, 0.3) is 0 Å². The first-order valence-corrected chi connectivity index (χ1v) is 20.3. The van der Waals surface area contributed by atoms with Crippen LogP contribution in [-0.2, 0) is 32.0 Å². The molecule has 6 rings (SSSR count). The molecule has 0 spiro atoms. The Kier molecular flexibility index (Phi) is 11.8. The van der Waals surface area contributed by atoms with E-state index in [9.17, 15) is 49.1 Å². The van der Waals surface area contributed by atoms with Crippen molar-refractivity contribution in [1.29, 1.82) is 0 Å². The highest BCUT2D eigenvalue weighted by Gasteiger charge is 2.56. The van der Waals surface area contributed by atoms with E-state index in [-0.39, 0.29) is 63.5 Å². The molecule has 0 radical (unpaired) electrons. The molecule has 1 aromatic carbocycles. The Morgan fingerprint density at radius 1 is 1.00 bits per heavy atom. The van der Waals surface area contributed by atoms with Crippen molar-refractivity contribution in [3.05, 3.63) is 70.2 Å². The Bertz CT molecular complexity index is 2030. The molecule has 56 heavy (non-hydrogen) atoms. The number of nitrogens with zero attached hydrogens (tertiary/aromatic N) is 4. The number of ether oxygens (including phenoxy) is 2. The first kappa shape index (κ1) is 41.1. The summed E-state index contributed by atoms with van der Waals surface area (Å²) in [5.74, 6) is -2.48. The van der Waals surface area contributed by atoms with E-state index in [2.05, 4.69) is 4.98 Å². The molecule has 304 valence electrons. The quantitative estimate of drug-likeness (QED) is 0.227. The van der Waals surface area contributed by atoms with Crippen LogP contribution in [0.15, 0.2) is 54.2 Å². The zero-order valence-electron chi connectivity index (χ0n) is 30.1. The van der Waals surface area contributed by atoms with Crippen molar-refractivity contribution in [2.24, 2.45) is 0 Å². The Labute approximate surface area is 322 Å². The summed E-state index contributed by atoms with van der Waals surface area (Å²) in [7, 11) is -3.77. The van der Waals surface area contributed by atoms with Gasteiger partial charge in [0.25, 0.3) is 17.7 Å². The van der Waals surface area contributed by atoms with E-state index < -0.39 is 79.6 Å². The average molecular weight is 832 g/mol. The summed E-state index contributed by atoms with van der Waals surface area (Å²) < 4.78 is 122. The lowest BCUT2D eigenvalue weighted by Crippen LogP contribution is -2.69. The summed E-state index contributed by atoms with van der Waals surface area (Å²) in [6, 6.07) is 7.00. The Morgan fingerprint density at radius 3 is 2.36 bits per heavy atom. The fraction of sp³-hybridized carbons (Fsp3) is 0.500. The van der Waals surface area contributed by atoms with Crippen molar-refractivity contribution in [3.8, 4) is 11.5 Å². The average Bonchev–Trinajstić information content (AvgIpc) is 3.93. The van der Waals surface area contributed by atoms with Gasteiger partial charge in [0.1, 0.15) is 16.4 Å². The van der Waals surface area contributed by atoms with Crippen molar-refractivity contribution in [2.75, 3.05) is 44.2 Å². The lowest BCUT2D eigenvalue weighted by Gasteiger charge is -2.50. The Balaban J connectivity index is 1.26. The van der Waals surface area contributed by atoms with E-state index in [1.165, 1.54) is 4.90 Å². The molecule has 2 aromatic heterocycles. The standard InChI is InChI=1S/C36H39F6N5O7S2/c1-2-6-29-34(54-23-19-30(55-22-23)36(40,41)42,12-5-14-47(29)32(49)25-20-43-13-11-26(25)35(37,38)39)33(50)46-17-15-45(16-18-46)27-7-3-4-8-28(27)53-21-31(48)44-56(51,52)24-9-10-24/h3-4,7-8,11,13,19-20,22,24,29H,2,5-6,9-10,12,14-18,21H2,1H3,(H,44,48)/t29-,34+/m1/s1. The van der Waals surface area contributed by atoms with E-state index in [1.54, 1.807) is 31.2 Å². The third-order valence-electron chi connectivity index (χ3n) is 9.91. The van der Waals surface area contributed by atoms with Gasteiger partial charge in [0.05, 0.1) is 28.1 Å². The molecule has 3 aromatic rings. The third kappa shape index (κ3) is 8.85. The molecule has 3 amide bonds. The van der Waals surface area contributed by atoms with Crippen molar-refractivity contribution in [2.45, 2.75) is 74.7 Å². The number of hydrogen-bond donors (Lipinski definition) is 1. The number of amides is 3. The number of alkyl halides is 6. The van der Waals surface area contributed by atoms with Gasteiger partial charge in [-0.2, -0.15) is 26.3 Å². The van der Waals surface area contributed by atoms with Crippen LogP contribution < -0.4 is 19.1 Å². The predicted octanol–water partition coefficient (Wildman–Crippen LogP) is 5.74. The van der Waals surface area contributed by atoms with Crippen molar-refractivity contribution in [3.63, 3.8) is 0 Å². The van der Waals surface area contributed by atoms with Gasteiger partial charge in [0, 0.05) is 63.0 Å². The van der Waals surface area contributed by atoms with E-state index in [0.29, 0.717) is 42.4 Å². The highest BCUT2D eigenvalue weighted by atomic mass is 32.2. The Hall–Kier alpha value is -4.59. The zero-order chi connectivity index (χ0) is 40.5. The number of anilines is 1. The Morgan fingerprint density at radius 2 is 1.71 bits per heavy atom. The number of piperidine rings is 1. The molecule has 3 aliphatic rings. The van der Waals surface area contributed by atoms with Crippen LogP contribution in [0.1, 0.15) is 66.2 Å². The number of likely N-dealkylation sites (tertiary alicyclic amines) is 1. The zero-order valence-corrected chi connectivity index (χ0v) is 31.7. The van der Waals surface area contributed by atoms with Crippen molar-refractivity contribution in [1.82, 2.24) is 19.5 Å². The van der Waals surface area contributed by atoms with Crippen LogP contribution >= 0.6 is 11.3 Å². The number of thiophene rings is 1. The van der Waals surface area contributed by atoms with E-state index in [1.807, 2.05) is 9.62 Å². The van der Waals surface area contributed by atoms with Gasteiger partial charge in [-0.25, -0.2) is 13.1 Å². The number of para-hydroxylation sites is 2. The molecule has 2 aliphatic heterocycles. The molecule has 1 saturated carbocycles. The summed E-state index contributed by atoms with van der Waals surface area (Å²) in [6.45, 7) is 1.71. The smallest absolute Gasteiger partial charge is 0.425 e. The molecular weight excluding hydrogens is 793 g/mol. The van der Waals surface area contributed by atoms with Gasteiger partial charge in [-0.3, -0.25) is 19.4 Å². The first-order valence-electron chi connectivity index (χ1n) is 17.9. The minimum atomic E-state index is -4.90. The van der Waals surface area contributed by atoms with Crippen LogP contribution in [-0.4, -0.2) is 97.1 Å². The van der Waals surface area contributed by atoms with Gasteiger partial charge >= 0.3 is 12.4 Å². The first-order chi connectivity index (χ1) is 26.4. The normalized spacial score (nSPS) is 20.8. The molecule has 20 heteroatoms. The van der Waals surface area contributed by atoms with Crippen LogP contribution in [0.5, 0.6) is 11.5 Å².